The standard InChI is InChI=1S/C15H28N4/c1-4-16-11-14-6-9-18(10-7-14)12-15-5-8-17-19(15)13(2)3/h5,8,13-14,16H,4,6-7,9-12H2,1-3H3. The third-order valence-electron chi connectivity index (χ3n) is 4.02. The van der Waals surface area contributed by atoms with Crippen LogP contribution in [-0.2, 0) is 6.54 Å². The van der Waals surface area contributed by atoms with Crippen molar-refractivity contribution in [2.45, 2.75) is 46.2 Å². The van der Waals surface area contributed by atoms with Crippen LogP contribution in [0.4, 0.5) is 0 Å². The maximum absolute atomic E-state index is 4.42. The first-order valence-electron chi connectivity index (χ1n) is 7.66. The minimum absolute atomic E-state index is 0.455. The molecule has 0 unspecified atom stereocenters. The predicted molar refractivity (Wildman–Crippen MR) is 79.2 cm³/mol. The van der Waals surface area contributed by atoms with Crippen molar-refractivity contribution in [2.24, 2.45) is 5.92 Å². The highest BCUT2D eigenvalue weighted by Crippen LogP contribution is 2.19. The van der Waals surface area contributed by atoms with E-state index in [1.807, 2.05) is 6.20 Å². The second kappa shape index (κ2) is 7.06. The smallest absolute Gasteiger partial charge is 0.0527 e. The van der Waals surface area contributed by atoms with Crippen LogP contribution in [0.5, 0.6) is 0 Å². The van der Waals surface area contributed by atoms with E-state index >= 15 is 0 Å². The molecule has 1 saturated heterocycles. The Morgan fingerprint density at radius 1 is 1.37 bits per heavy atom. The number of nitrogens with one attached hydrogen (secondary N) is 1. The van der Waals surface area contributed by atoms with E-state index in [4.69, 9.17) is 0 Å². The number of likely N-dealkylation sites (tertiary alicyclic amines) is 1. The van der Waals surface area contributed by atoms with Crippen LogP contribution < -0.4 is 5.32 Å². The lowest BCUT2D eigenvalue weighted by atomic mass is 9.96. The van der Waals surface area contributed by atoms with Crippen molar-refractivity contribution < 1.29 is 0 Å². The van der Waals surface area contributed by atoms with Crippen LogP contribution in [-0.4, -0.2) is 40.9 Å². The maximum Gasteiger partial charge on any atom is 0.0527 e. The molecule has 0 radical (unpaired) electrons. The lowest BCUT2D eigenvalue weighted by Gasteiger charge is -2.32. The van der Waals surface area contributed by atoms with Gasteiger partial charge in [-0.15, -0.1) is 0 Å². The van der Waals surface area contributed by atoms with E-state index in [0.717, 1.165) is 19.0 Å². The van der Waals surface area contributed by atoms with Crippen LogP contribution in [0.3, 0.4) is 0 Å². The van der Waals surface area contributed by atoms with E-state index in [-0.39, 0.29) is 0 Å². The molecule has 0 atom stereocenters. The Morgan fingerprint density at radius 3 is 2.74 bits per heavy atom. The topological polar surface area (TPSA) is 33.1 Å². The molecule has 0 aromatic carbocycles. The molecule has 0 spiro atoms. The Labute approximate surface area is 117 Å². The van der Waals surface area contributed by atoms with Crippen LogP contribution in [0.1, 0.15) is 45.3 Å². The molecule has 1 aromatic heterocycles. The van der Waals surface area contributed by atoms with Gasteiger partial charge in [-0.2, -0.15) is 5.10 Å². The van der Waals surface area contributed by atoms with Crippen LogP contribution in [0.25, 0.3) is 0 Å². The molecule has 0 amide bonds. The summed E-state index contributed by atoms with van der Waals surface area (Å²) >= 11 is 0. The molecule has 0 bridgehead atoms. The van der Waals surface area contributed by atoms with Gasteiger partial charge < -0.3 is 5.32 Å². The van der Waals surface area contributed by atoms with Crippen molar-refractivity contribution in [1.29, 1.82) is 0 Å². The third-order valence-corrected chi connectivity index (χ3v) is 4.02. The summed E-state index contributed by atoms with van der Waals surface area (Å²) in [6.07, 6.45) is 4.57. The minimum atomic E-state index is 0.455. The Morgan fingerprint density at radius 2 is 2.11 bits per heavy atom. The van der Waals surface area contributed by atoms with Gasteiger partial charge in [-0.05, 0) is 64.9 Å². The summed E-state index contributed by atoms with van der Waals surface area (Å²) in [7, 11) is 0. The Balaban J connectivity index is 1.80. The molecule has 2 heterocycles. The first-order valence-corrected chi connectivity index (χ1v) is 7.66. The fourth-order valence-electron chi connectivity index (χ4n) is 2.86. The molecule has 0 aliphatic carbocycles. The van der Waals surface area contributed by atoms with Gasteiger partial charge in [0, 0.05) is 18.8 Å². The molecule has 1 N–H and O–H groups in total. The molecule has 4 heteroatoms. The number of nitrogens with zero attached hydrogens (tertiary/aromatic N) is 3. The van der Waals surface area contributed by atoms with Crippen LogP contribution >= 0.6 is 0 Å². The molecule has 2 rings (SSSR count). The van der Waals surface area contributed by atoms with Crippen molar-refractivity contribution in [1.82, 2.24) is 20.0 Å². The number of aromatic nitrogens is 2. The number of piperidine rings is 1. The quantitative estimate of drug-likeness (QED) is 0.856. The molecule has 4 nitrogen and oxygen atoms in total. The highest BCUT2D eigenvalue weighted by Gasteiger charge is 2.20. The predicted octanol–water partition coefficient (Wildman–Crippen LogP) is 2.29. The molecule has 19 heavy (non-hydrogen) atoms. The SMILES string of the molecule is CCNCC1CCN(Cc2ccnn2C(C)C)CC1. The second-order valence-electron chi connectivity index (χ2n) is 5.89. The van der Waals surface area contributed by atoms with Crippen molar-refractivity contribution in [3.63, 3.8) is 0 Å². The molecular formula is C15H28N4. The van der Waals surface area contributed by atoms with E-state index in [9.17, 15) is 0 Å². The van der Waals surface area contributed by atoms with Gasteiger partial charge in [0.25, 0.3) is 0 Å². The third kappa shape index (κ3) is 4.05. The maximum atomic E-state index is 4.42. The fourth-order valence-corrected chi connectivity index (χ4v) is 2.86. The summed E-state index contributed by atoms with van der Waals surface area (Å²) in [5.74, 6) is 0.867. The zero-order valence-electron chi connectivity index (χ0n) is 12.6. The summed E-state index contributed by atoms with van der Waals surface area (Å²) in [5.41, 5.74) is 1.35. The monoisotopic (exact) mass is 264 g/mol. The van der Waals surface area contributed by atoms with Crippen LogP contribution in [0.15, 0.2) is 12.3 Å². The van der Waals surface area contributed by atoms with Gasteiger partial charge in [0.2, 0.25) is 0 Å². The first-order chi connectivity index (χ1) is 9.20. The van der Waals surface area contributed by atoms with Gasteiger partial charge in [0.1, 0.15) is 0 Å². The first kappa shape index (κ1) is 14.5. The van der Waals surface area contributed by atoms with Gasteiger partial charge in [-0.3, -0.25) is 9.58 Å². The van der Waals surface area contributed by atoms with Gasteiger partial charge in [0.05, 0.1) is 5.69 Å². The van der Waals surface area contributed by atoms with E-state index in [2.05, 4.69) is 46.8 Å². The average Bonchev–Trinajstić information content (AvgIpc) is 2.86. The fraction of sp³-hybridized carbons (Fsp3) is 0.800. The van der Waals surface area contributed by atoms with Gasteiger partial charge >= 0.3 is 0 Å². The summed E-state index contributed by atoms with van der Waals surface area (Å²) in [6.45, 7) is 12.3. The lowest BCUT2D eigenvalue weighted by Crippen LogP contribution is -2.37. The molecule has 108 valence electrons. The zero-order valence-corrected chi connectivity index (χ0v) is 12.6. The van der Waals surface area contributed by atoms with E-state index in [1.165, 1.54) is 38.2 Å². The molecule has 1 aliphatic heterocycles. The number of hydrogen-bond acceptors (Lipinski definition) is 3. The average molecular weight is 264 g/mol. The van der Waals surface area contributed by atoms with Crippen molar-refractivity contribution >= 4 is 0 Å². The van der Waals surface area contributed by atoms with Gasteiger partial charge in [-0.1, -0.05) is 6.92 Å². The van der Waals surface area contributed by atoms with Crippen molar-refractivity contribution in [3.05, 3.63) is 18.0 Å². The van der Waals surface area contributed by atoms with Crippen LogP contribution in [0.2, 0.25) is 0 Å². The highest BCUT2D eigenvalue weighted by molar-refractivity contribution is 5.01. The normalized spacial score (nSPS) is 18.3. The minimum Gasteiger partial charge on any atom is -0.317 e. The Bertz CT molecular complexity index is 364. The van der Waals surface area contributed by atoms with Gasteiger partial charge in [-0.25, -0.2) is 0 Å². The summed E-state index contributed by atoms with van der Waals surface area (Å²) < 4.78 is 2.14. The molecule has 1 aliphatic rings. The second-order valence-corrected chi connectivity index (χ2v) is 5.89. The number of rotatable bonds is 6. The molecule has 0 saturated carbocycles. The van der Waals surface area contributed by atoms with Crippen LogP contribution in [0, 0.1) is 5.92 Å². The summed E-state index contributed by atoms with van der Waals surface area (Å²) in [4.78, 5) is 2.57. The van der Waals surface area contributed by atoms with Crippen molar-refractivity contribution in [2.75, 3.05) is 26.2 Å². The Hall–Kier alpha value is -0.870. The lowest BCUT2D eigenvalue weighted by molar-refractivity contribution is 0.171. The Kier molecular flexibility index (Phi) is 5.40. The summed E-state index contributed by atoms with van der Waals surface area (Å²) in [5, 5.41) is 7.89. The summed E-state index contributed by atoms with van der Waals surface area (Å²) in [6, 6.07) is 2.61. The van der Waals surface area contributed by atoms with E-state index in [0.29, 0.717) is 6.04 Å². The van der Waals surface area contributed by atoms with Gasteiger partial charge in [0.15, 0.2) is 0 Å². The molecule has 1 fully saturated rings. The molecular weight excluding hydrogens is 236 g/mol. The van der Waals surface area contributed by atoms with E-state index in [1.54, 1.807) is 0 Å². The molecule has 1 aromatic rings. The largest absolute Gasteiger partial charge is 0.317 e. The zero-order chi connectivity index (χ0) is 13.7. The number of hydrogen-bond donors (Lipinski definition) is 1. The highest BCUT2D eigenvalue weighted by atomic mass is 15.3. The van der Waals surface area contributed by atoms with E-state index < -0.39 is 0 Å². The van der Waals surface area contributed by atoms with Crippen molar-refractivity contribution in [3.8, 4) is 0 Å².